The van der Waals surface area contributed by atoms with E-state index in [-0.39, 0.29) is 16.5 Å². The van der Waals surface area contributed by atoms with E-state index in [4.69, 9.17) is 30.8 Å². The first-order chi connectivity index (χ1) is 19.1. The lowest BCUT2D eigenvalue weighted by atomic mass is 9.96. The fourth-order valence-corrected chi connectivity index (χ4v) is 4.53. The molecule has 0 N–H and O–H groups in total. The minimum absolute atomic E-state index is 0.190. The Morgan fingerprint density at radius 1 is 1.10 bits per heavy atom. The number of methoxy groups -OCH3 is 1. The molecular weight excluding hydrogens is 530 g/mol. The first-order valence-corrected chi connectivity index (χ1v) is 13.4. The molecule has 40 heavy (non-hydrogen) atoms. The second-order valence-electron chi connectivity index (χ2n) is 9.58. The zero-order valence-electron chi connectivity index (χ0n) is 23.4. The van der Waals surface area contributed by atoms with Crippen molar-refractivity contribution in [1.82, 2.24) is 9.66 Å². The predicted molar refractivity (Wildman–Crippen MR) is 158 cm³/mol. The summed E-state index contributed by atoms with van der Waals surface area (Å²) in [7, 11) is 1.29. The van der Waals surface area contributed by atoms with Crippen LogP contribution < -0.4 is 15.0 Å². The van der Waals surface area contributed by atoms with Gasteiger partial charge in [0, 0.05) is 5.56 Å². The van der Waals surface area contributed by atoms with Gasteiger partial charge in [0.2, 0.25) is 0 Å². The molecule has 4 rings (SSSR count). The molecule has 0 saturated heterocycles. The Hall–Kier alpha value is -4.17. The Kier molecular flexibility index (Phi) is 8.90. The highest BCUT2D eigenvalue weighted by molar-refractivity contribution is 6.32. The van der Waals surface area contributed by atoms with Crippen molar-refractivity contribution in [2.75, 3.05) is 13.7 Å². The lowest BCUT2D eigenvalue weighted by molar-refractivity contribution is -0.147. The fourth-order valence-electron chi connectivity index (χ4n) is 4.30. The molecule has 4 aromatic rings. The van der Waals surface area contributed by atoms with Gasteiger partial charge in [-0.25, -0.2) is 9.78 Å². The Labute approximate surface area is 238 Å². The van der Waals surface area contributed by atoms with Gasteiger partial charge in [-0.2, -0.15) is 9.78 Å². The summed E-state index contributed by atoms with van der Waals surface area (Å²) in [5.74, 6) is 1.24. The van der Waals surface area contributed by atoms with Gasteiger partial charge in [-0.05, 0) is 85.8 Å². The lowest BCUT2D eigenvalue weighted by Gasteiger charge is -2.18. The summed E-state index contributed by atoms with van der Waals surface area (Å²) in [5.41, 5.74) is 3.62. The third-order valence-electron chi connectivity index (χ3n) is 6.39. The average Bonchev–Trinajstić information content (AvgIpc) is 2.93. The molecular formula is C31H32ClN3O5. The number of halogens is 1. The Morgan fingerprint density at radius 2 is 1.85 bits per heavy atom. The summed E-state index contributed by atoms with van der Waals surface area (Å²) >= 11 is 6.42. The number of rotatable bonds is 9. The number of nitrogens with zero attached hydrogens (tertiary/aromatic N) is 3. The quantitative estimate of drug-likeness (QED) is 0.174. The second kappa shape index (κ2) is 12.3. The van der Waals surface area contributed by atoms with Crippen molar-refractivity contribution in [3.8, 4) is 22.9 Å². The Balaban J connectivity index is 1.82. The van der Waals surface area contributed by atoms with E-state index in [9.17, 15) is 9.59 Å². The van der Waals surface area contributed by atoms with Crippen LogP contribution in [-0.2, 0) is 9.53 Å². The molecule has 8 nitrogen and oxygen atoms in total. The molecule has 0 saturated carbocycles. The third-order valence-corrected chi connectivity index (χ3v) is 6.68. The predicted octanol–water partition coefficient (Wildman–Crippen LogP) is 6.37. The number of ether oxygens (including phenoxy) is 3. The van der Waals surface area contributed by atoms with Crippen LogP contribution in [0.25, 0.3) is 22.3 Å². The normalized spacial score (nSPS) is 12.2. The number of aromatic nitrogens is 2. The molecule has 1 aromatic heterocycles. The van der Waals surface area contributed by atoms with Crippen molar-refractivity contribution >= 4 is 34.7 Å². The maximum atomic E-state index is 13.7. The van der Waals surface area contributed by atoms with Crippen molar-refractivity contribution in [1.29, 1.82) is 0 Å². The smallest absolute Gasteiger partial charge is 0.346 e. The van der Waals surface area contributed by atoms with Gasteiger partial charge in [0.1, 0.15) is 11.5 Å². The van der Waals surface area contributed by atoms with Crippen molar-refractivity contribution < 1.29 is 19.0 Å². The molecule has 1 atom stereocenters. The SMILES string of the molecule is CCOc1cc(C)c(-c2nc3ccccc3c(=O)n2N=Cc2ccc(O[C@@H](C)C(=O)OC)c(Cl)c2)cc1C(C)C. The molecule has 0 aliphatic carbocycles. The molecule has 0 amide bonds. The van der Waals surface area contributed by atoms with Gasteiger partial charge in [0.15, 0.2) is 11.9 Å². The fraction of sp³-hybridized carbons (Fsp3) is 0.290. The van der Waals surface area contributed by atoms with E-state index in [1.165, 1.54) is 18.0 Å². The standard InChI is InChI=1S/C31H32ClN3O5/c1-7-39-28-14-19(4)24(16-23(28)18(2)3)29-34-26-11-9-8-10-22(26)30(36)35(29)33-17-21-12-13-27(25(32)15-21)40-20(5)31(37)38-6/h8-18,20H,7H2,1-6H3/t20-/m0/s1. The molecule has 208 valence electrons. The van der Waals surface area contributed by atoms with Crippen LogP contribution in [0.5, 0.6) is 11.5 Å². The van der Waals surface area contributed by atoms with Crippen molar-refractivity contribution in [2.45, 2.75) is 46.6 Å². The molecule has 9 heteroatoms. The summed E-state index contributed by atoms with van der Waals surface area (Å²) in [6.07, 6.45) is 0.716. The minimum atomic E-state index is -0.820. The van der Waals surface area contributed by atoms with Crippen molar-refractivity contribution in [2.24, 2.45) is 5.10 Å². The van der Waals surface area contributed by atoms with E-state index in [0.717, 1.165) is 22.4 Å². The highest BCUT2D eigenvalue weighted by Gasteiger charge is 2.19. The highest BCUT2D eigenvalue weighted by Crippen LogP contribution is 2.34. The third kappa shape index (κ3) is 6.02. The Morgan fingerprint density at radius 3 is 2.52 bits per heavy atom. The summed E-state index contributed by atoms with van der Waals surface area (Å²) in [5, 5.41) is 5.30. The van der Waals surface area contributed by atoms with Crippen LogP contribution in [0.4, 0.5) is 0 Å². The van der Waals surface area contributed by atoms with Crippen LogP contribution in [0.15, 0.2) is 64.5 Å². The summed E-state index contributed by atoms with van der Waals surface area (Å²) in [6, 6.07) is 16.2. The van der Waals surface area contributed by atoms with Crippen molar-refractivity contribution in [3.05, 3.63) is 86.7 Å². The van der Waals surface area contributed by atoms with Gasteiger partial charge in [0.05, 0.1) is 35.9 Å². The second-order valence-corrected chi connectivity index (χ2v) is 9.99. The molecule has 0 fully saturated rings. The van der Waals surface area contributed by atoms with E-state index in [1.54, 1.807) is 37.3 Å². The summed E-state index contributed by atoms with van der Waals surface area (Å²) < 4.78 is 17.5. The molecule has 0 spiro atoms. The number of hydrogen-bond donors (Lipinski definition) is 0. The maximum absolute atomic E-state index is 13.7. The molecule has 0 aliphatic heterocycles. The average molecular weight is 562 g/mol. The molecule has 1 heterocycles. The van der Waals surface area contributed by atoms with Gasteiger partial charge in [-0.3, -0.25) is 4.79 Å². The molecule has 3 aromatic carbocycles. The van der Waals surface area contributed by atoms with Crippen LogP contribution in [0, 0.1) is 6.92 Å². The maximum Gasteiger partial charge on any atom is 0.346 e. The Bertz CT molecular complexity index is 1640. The van der Waals surface area contributed by atoms with Gasteiger partial charge >= 0.3 is 5.97 Å². The monoisotopic (exact) mass is 561 g/mol. The minimum Gasteiger partial charge on any atom is -0.494 e. The molecule has 0 radical (unpaired) electrons. The first kappa shape index (κ1) is 28.8. The number of esters is 1. The van der Waals surface area contributed by atoms with Crippen LogP contribution >= 0.6 is 11.6 Å². The van der Waals surface area contributed by atoms with E-state index in [1.807, 2.05) is 38.1 Å². The number of benzene rings is 3. The number of carbonyl (C=O) groups excluding carboxylic acids is 1. The van der Waals surface area contributed by atoms with Gasteiger partial charge in [-0.15, -0.1) is 0 Å². The zero-order valence-corrected chi connectivity index (χ0v) is 24.2. The van der Waals surface area contributed by atoms with Crippen molar-refractivity contribution in [3.63, 3.8) is 0 Å². The number of fused-ring (bicyclic) bond motifs is 1. The van der Waals surface area contributed by atoms with Gasteiger partial charge < -0.3 is 14.2 Å². The number of para-hydroxylation sites is 1. The molecule has 0 bridgehead atoms. The topological polar surface area (TPSA) is 92.0 Å². The van der Waals surface area contributed by atoms with Gasteiger partial charge in [0.25, 0.3) is 5.56 Å². The van der Waals surface area contributed by atoms with Crippen LogP contribution in [0.2, 0.25) is 5.02 Å². The summed E-state index contributed by atoms with van der Waals surface area (Å²) in [4.78, 5) is 30.2. The lowest BCUT2D eigenvalue weighted by Crippen LogP contribution is -2.25. The van der Waals surface area contributed by atoms with Crippen LogP contribution in [-0.4, -0.2) is 41.7 Å². The highest BCUT2D eigenvalue weighted by atomic mass is 35.5. The number of hydrogen-bond acceptors (Lipinski definition) is 7. The molecule has 0 unspecified atom stereocenters. The van der Waals surface area contributed by atoms with Crippen LogP contribution in [0.3, 0.4) is 0 Å². The van der Waals surface area contributed by atoms with Gasteiger partial charge in [-0.1, -0.05) is 37.6 Å². The summed E-state index contributed by atoms with van der Waals surface area (Å²) in [6.45, 7) is 10.2. The van der Waals surface area contributed by atoms with E-state index < -0.39 is 12.1 Å². The van der Waals surface area contributed by atoms with Crippen LogP contribution in [0.1, 0.15) is 50.3 Å². The molecule has 0 aliphatic rings. The number of aryl methyl sites for hydroxylation is 1. The van der Waals surface area contributed by atoms with E-state index >= 15 is 0 Å². The number of carbonyl (C=O) groups is 1. The van der Waals surface area contributed by atoms with E-state index in [0.29, 0.717) is 34.6 Å². The van der Waals surface area contributed by atoms with E-state index in [2.05, 4.69) is 18.9 Å². The first-order valence-electron chi connectivity index (χ1n) is 13.0. The zero-order chi connectivity index (χ0) is 29.0. The largest absolute Gasteiger partial charge is 0.494 e.